The summed E-state index contributed by atoms with van der Waals surface area (Å²) in [5.41, 5.74) is 4.42. The van der Waals surface area contributed by atoms with Crippen molar-refractivity contribution in [1.82, 2.24) is 10.3 Å². The molecule has 0 aliphatic carbocycles. The molecule has 0 bridgehead atoms. The highest BCUT2D eigenvalue weighted by molar-refractivity contribution is 5.83. The number of phenols is 1. The van der Waals surface area contributed by atoms with Crippen LogP contribution in [0.25, 0.3) is 0 Å². The quantitative estimate of drug-likeness (QED) is 0.599. The van der Waals surface area contributed by atoms with E-state index >= 15 is 0 Å². The molecular formula is C20H24N4O3. The number of anilines is 1. The Hall–Kier alpha value is -3.06. The Morgan fingerprint density at radius 2 is 1.93 bits per heavy atom. The van der Waals surface area contributed by atoms with Crippen molar-refractivity contribution in [3.8, 4) is 11.5 Å². The fourth-order valence-corrected chi connectivity index (χ4v) is 3.01. The minimum absolute atomic E-state index is 0.0315. The van der Waals surface area contributed by atoms with Crippen LogP contribution in [0.15, 0.2) is 53.6 Å². The van der Waals surface area contributed by atoms with E-state index in [4.69, 9.17) is 4.74 Å². The first-order valence-electron chi connectivity index (χ1n) is 8.87. The highest BCUT2D eigenvalue weighted by Crippen LogP contribution is 2.25. The van der Waals surface area contributed by atoms with E-state index in [1.807, 2.05) is 18.2 Å². The van der Waals surface area contributed by atoms with Crippen LogP contribution >= 0.6 is 0 Å². The number of nitrogens with zero attached hydrogens (tertiary/aromatic N) is 3. The third-order valence-corrected chi connectivity index (χ3v) is 4.47. The number of para-hydroxylation sites is 1. The second-order valence-corrected chi connectivity index (χ2v) is 6.32. The number of hydrogen-bond acceptors (Lipinski definition) is 6. The topological polar surface area (TPSA) is 77.4 Å². The Bertz CT molecular complexity index is 787. The number of nitrogens with one attached hydrogen (secondary N) is 1. The molecule has 1 fully saturated rings. The summed E-state index contributed by atoms with van der Waals surface area (Å²) in [5, 5.41) is 13.7. The monoisotopic (exact) mass is 368 g/mol. The first kappa shape index (κ1) is 18.7. The lowest BCUT2D eigenvalue weighted by atomic mass is 10.2. The molecule has 7 heteroatoms. The summed E-state index contributed by atoms with van der Waals surface area (Å²) in [6.45, 7) is 3.77. The van der Waals surface area contributed by atoms with Gasteiger partial charge in [-0.25, -0.2) is 5.43 Å². The lowest BCUT2D eigenvalue weighted by Gasteiger charge is -2.35. The fraction of sp³-hybridized carbons (Fsp3) is 0.300. The summed E-state index contributed by atoms with van der Waals surface area (Å²) >= 11 is 0. The average molecular weight is 368 g/mol. The Morgan fingerprint density at radius 1 is 1.19 bits per heavy atom. The SMILES string of the molecule is COc1ccc(/C=N/NC(=O)CN2CCN(c3ccccc3)CC2)cc1O. The molecule has 7 nitrogen and oxygen atoms in total. The van der Waals surface area contributed by atoms with E-state index in [0.717, 1.165) is 26.2 Å². The van der Waals surface area contributed by atoms with Gasteiger partial charge >= 0.3 is 0 Å². The first-order chi connectivity index (χ1) is 13.2. The first-order valence-corrected chi connectivity index (χ1v) is 8.87. The Balaban J connectivity index is 1.43. The molecule has 0 aromatic heterocycles. The van der Waals surface area contributed by atoms with Crippen LogP contribution in [0.4, 0.5) is 5.69 Å². The molecule has 2 N–H and O–H groups in total. The molecule has 1 aliphatic heterocycles. The van der Waals surface area contributed by atoms with Gasteiger partial charge in [-0.3, -0.25) is 9.69 Å². The highest BCUT2D eigenvalue weighted by Gasteiger charge is 2.18. The standard InChI is InChI=1S/C20H24N4O3/c1-27-19-8-7-16(13-18(19)25)14-21-22-20(26)15-23-9-11-24(12-10-23)17-5-3-2-4-6-17/h2-8,13-14,25H,9-12,15H2,1H3,(H,22,26)/b21-14+. The van der Waals surface area contributed by atoms with Crippen LogP contribution in [0.2, 0.25) is 0 Å². The third-order valence-electron chi connectivity index (χ3n) is 4.47. The molecule has 1 amide bonds. The van der Waals surface area contributed by atoms with Crippen molar-refractivity contribution in [2.24, 2.45) is 5.10 Å². The van der Waals surface area contributed by atoms with Crippen LogP contribution in [-0.2, 0) is 4.79 Å². The molecule has 1 aliphatic rings. The van der Waals surface area contributed by atoms with E-state index in [-0.39, 0.29) is 11.7 Å². The van der Waals surface area contributed by atoms with Crippen molar-refractivity contribution in [2.75, 3.05) is 44.7 Å². The van der Waals surface area contributed by atoms with Gasteiger partial charge in [-0.2, -0.15) is 5.10 Å². The second kappa shape index (κ2) is 9.05. The number of amides is 1. The molecule has 0 radical (unpaired) electrons. The van der Waals surface area contributed by atoms with Crippen molar-refractivity contribution in [2.45, 2.75) is 0 Å². The van der Waals surface area contributed by atoms with Crippen molar-refractivity contribution in [1.29, 1.82) is 0 Å². The summed E-state index contributed by atoms with van der Waals surface area (Å²) in [4.78, 5) is 16.5. The number of benzene rings is 2. The van der Waals surface area contributed by atoms with E-state index in [2.05, 4.69) is 32.5 Å². The molecule has 1 heterocycles. The van der Waals surface area contributed by atoms with E-state index in [0.29, 0.717) is 17.9 Å². The molecule has 0 unspecified atom stereocenters. The highest BCUT2D eigenvalue weighted by atomic mass is 16.5. The van der Waals surface area contributed by atoms with E-state index in [9.17, 15) is 9.90 Å². The van der Waals surface area contributed by atoms with Gasteiger partial charge in [0.2, 0.25) is 0 Å². The fourth-order valence-electron chi connectivity index (χ4n) is 3.01. The predicted octanol–water partition coefficient (Wildman–Crippen LogP) is 1.67. The maximum Gasteiger partial charge on any atom is 0.254 e. The second-order valence-electron chi connectivity index (χ2n) is 6.32. The molecule has 0 spiro atoms. The zero-order chi connectivity index (χ0) is 19.1. The molecule has 2 aromatic rings. The lowest BCUT2D eigenvalue weighted by molar-refractivity contribution is -0.122. The van der Waals surface area contributed by atoms with Crippen LogP contribution in [0.1, 0.15) is 5.56 Å². The van der Waals surface area contributed by atoms with Crippen molar-refractivity contribution >= 4 is 17.8 Å². The van der Waals surface area contributed by atoms with Gasteiger partial charge in [0.15, 0.2) is 11.5 Å². The van der Waals surface area contributed by atoms with E-state index in [1.165, 1.54) is 25.1 Å². The van der Waals surface area contributed by atoms with Crippen LogP contribution in [-0.4, -0.2) is 62.0 Å². The summed E-state index contributed by atoms with van der Waals surface area (Å²) < 4.78 is 4.99. The average Bonchev–Trinajstić information content (AvgIpc) is 2.69. The number of rotatable bonds is 6. The van der Waals surface area contributed by atoms with E-state index in [1.54, 1.807) is 12.1 Å². The summed E-state index contributed by atoms with van der Waals surface area (Å²) in [6, 6.07) is 15.2. The molecule has 1 saturated heterocycles. The number of methoxy groups -OCH3 is 1. The van der Waals surface area contributed by atoms with Gasteiger partial charge in [-0.1, -0.05) is 18.2 Å². The zero-order valence-corrected chi connectivity index (χ0v) is 15.3. The van der Waals surface area contributed by atoms with Gasteiger partial charge in [-0.05, 0) is 35.9 Å². The number of phenolic OH excluding ortho intramolecular Hbond substituents is 1. The minimum Gasteiger partial charge on any atom is -0.504 e. The number of carbonyl (C=O) groups excluding carboxylic acids is 1. The van der Waals surface area contributed by atoms with E-state index < -0.39 is 0 Å². The molecule has 27 heavy (non-hydrogen) atoms. The van der Waals surface area contributed by atoms with Gasteiger partial charge in [0, 0.05) is 31.9 Å². The molecular weight excluding hydrogens is 344 g/mol. The molecule has 142 valence electrons. The van der Waals surface area contributed by atoms with Crippen LogP contribution in [0.3, 0.4) is 0 Å². The molecule has 0 atom stereocenters. The third kappa shape index (κ3) is 5.21. The van der Waals surface area contributed by atoms with Gasteiger partial charge < -0.3 is 14.7 Å². The normalized spacial score (nSPS) is 15.1. The minimum atomic E-state index is -0.155. The van der Waals surface area contributed by atoms with Crippen molar-refractivity contribution < 1.29 is 14.6 Å². The van der Waals surface area contributed by atoms with Crippen molar-refractivity contribution in [3.05, 3.63) is 54.1 Å². The maximum atomic E-state index is 12.1. The lowest BCUT2D eigenvalue weighted by Crippen LogP contribution is -2.49. The number of aromatic hydroxyl groups is 1. The Morgan fingerprint density at radius 3 is 2.59 bits per heavy atom. The summed E-state index contributed by atoms with van der Waals surface area (Å²) in [5.74, 6) is 0.270. The number of hydrogen-bond donors (Lipinski definition) is 2. The molecule has 2 aromatic carbocycles. The van der Waals surface area contributed by atoms with Gasteiger partial charge in [0.25, 0.3) is 5.91 Å². The smallest absolute Gasteiger partial charge is 0.254 e. The number of piperazine rings is 1. The van der Waals surface area contributed by atoms with Crippen LogP contribution < -0.4 is 15.1 Å². The summed E-state index contributed by atoms with van der Waals surface area (Å²) in [7, 11) is 1.49. The summed E-state index contributed by atoms with van der Waals surface area (Å²) in [6.07, 6.45) is 1.49. The van der Waals surface area contributed by atoms with Gasteiger partial charge in [0.05, 0.1) is 19.9 Å². The van der Waals surface area contributed by atoms with Crippen LogP contribution in [0.5, 0.6) is 11.5 Å². The zero-order valence-electron chi connectivity index (χ0n) is 15.3. The predicted molar refractivity (Wildman–Crippen MR) is 105 cm³/mol. The van der Waals surface area contributed by atoms with Crippen LogP contribution in [0, 0.1) is 0 Å². The maximum absolute atomic E-state index is 12.1. The molecule has 3 rings (SSSR count). The van der Waals surface area contributed by atoms with Crippen molar-refractivity contribution in [3.63, 3.8) is 0 Å². The van der Waals surface area contributed by atoms with Gasteiger partial charge in [0.1, 0.15) is 0 Å². The number of ether oxygens (including phenoxy) is 1. The van der Waals surface area contributed by atoms with Gasteiger partial charge in [-0.15, -0.1) is 0 Å². The molecule has 0 saturated carbocycles. The largest absolute Gasteiger partial charge is 0.504 e. The number of carbonyl (C=O) groups is 1. The number of hydrazone groups is 1. The Labute approximate surface area is 158 Å². The Kier molecular flexibility index (Phi) is 6.27.